The summed E-state index contributed by atoms with van der Waals surface area (Å²) < 4.78 is 2.36. The highest BCUT2D eigenvalue weighted by atomic mass is 15.0. The van der Waals surface area contributed by atoms with Gasteiger partial charge in [-0.05, 0) is 37.8 Å². The summed E-state index contributed by atoms with van der Waals surface area (Å²) in [4.78, 5) is 4.30. The number of aromatic nitrogens is 2. The van der Waals surface area contributed by atoms with E-state index >= 15 is 0 Å². The molecule has 0 aromatic carbocycles. The molecule has 1 aliphatic rings. The van der Waals surface area contributed by atoms with E-state index in [0.717, 1.165) is 11.6 Å². The van der Waals surface area contributed by atoms with Crippen LogP contribution in [0.2, 0.25) is 0 Å². The van der Waals surface area contributed by atoms with E-state index < -0.39 is 0 Å². The molecule has 2 heterocycles. The third kappa shape index (κ3) is 1.22. The molecule has 0 spiro atoms. The van der Waals surface area contributed by atoms with Gasteiger partial charge in [0.15, 0.2) is 0 Å². The molecular formula is C12H14N2. The lowest BCUT2D eigenvalue weighted by molar-refractivity contribution is 0.647. The van der Waals surface area contributed by atoms with Crippen molar-refractivity contribution in [3.63, 3.8) is 0 Å². The van der Waals surface area contributed by atoms with Gasteiger partial charge in [-0.15, -0.1) is 0 Å². The second kappa shape index (κ2) is 2.84. The Bertz CT molecular complexity index is 466. The number of pyridine rings is 1. The van der Waals surface area contributed by atoms with Crippen LogP contribution in [0.1, 0.15) is 18.5 Å². The van der Waals surface area contributed by atoms with E-state index in [1.54, 1.807) is 0 Å². The summed E-state index contributed by atoms with van der Waals surface area (Å²) in [5.74, 6) is 0.930. The zero-order chi connectivity index (χ0) is 9.54. The normalized spacial score (nSPS) is 16.4. The van der Waals surface area contributed by atoms with Crippen molar-refractivity contribution in [3.8, 4) is 0 Å². The van der Waals surface area contributed by atoms with Crippen LogP contribution in [0.15, 0.2) is 24.5 Å². The first kappa shape index (κ1) is 8.04. The average Bonchev–Trinajstić information content (AvgIpc) is 2.88. The summed E-state index contributed by atoms with van der Waals surface area (Å²) in [6.45, 7) is 3.26. The van der Waals surface area contributed by atoms with Crippen LogP contribution in [-0.4, -0.2) is 9.55 Å². The first-order chi connectivity index (χ1) is 6.84. The molecule has 1 saturated carbocycles. The zero-order valence-corrected chi connectivity index (χ0v) is 8.40. The molecule has 1 fully saturated rings. The number of nitrogens with zero attached hydrogens (tertiary/aromatic N) is 2. The van der Waals surface area contributed by atoms with Crippen LogP contribution in [0.25, 0.3) is 10.9 Å². The molecule has 72 valence electrons. The first-order valence-electron chi connectivity index (χ1n) is 5.25. The number of hydrogen-bond acceptors (Lipinski definition) is 1. The van der Waals surface area contributed by atoms with Gasteiger partial charge in [0, 0.05) is 30.0 Å². The van der Waals surface area contributed by atoms with Crippen molar-refractivity contribution in [1.82, 2.24) is 9.55 Å². The highest BCUT2D eigenvalue weighted by Gasteiger charge is 2.22. The quantitative estimate of drug-likeness (QED) is 0.705. The minimum absolute atomic E-state index is 0.930. The van der Waals surface area contributed by atoms with Gasteiger partial charge in [-0.1, -0.05) is 0 Å². The van der Waals surface area contributed by atoms with E-state index in [1.165, 1.54) is 30.3 Å². The molecule has 0 radical (unpaired) electrons. The highest BCUT2D eigenvalue weighted by Crippen LogP contribution is 2.32. The van der Waals surface area contributed by atoms with Crippen molar-refractivity contribution in [2.24, 2.45) is 5.92 Å². The summed E-state index contributed by atoms with van der Waals surface area (Å²) in [7, 11) is 0. The van der Waals surface area contributed by atoms with Crippen molar-refractivity contribution in [2.45, 2.75) is 26.3 Å². The summed E-state index contributed by atoms with van der Waals surface area (Å²) in [6.07, 6.45) is 6.91. The van der Waals surface area contributed by atoms with E-state index in [2.05, 4.69) is 34.8 Å². The predicted molar refractivity (Wildman–Crippen MR) is 57.2 cm³/mol. The number of fused-ring (bicyclic) bond motifs is 1. The zero-order valence-electron chi connectivity index (χ0n) is 8.40. The largest absolute Gasteiger partial charge is 0.347 e. The van der Waals surface area contributed by atoms with Gasteiger partial charge in [-0.2, -0.15) is 0 Å². The van der Waals surface area contributed by atoms with Gasteiger partial charge in [-0.3, -0.25) is 4.98 Å². The van der Waals surface area contributed by atoms with E-state index in [9.17, 15) is 0 Å². The maximum atomic E-state index is 4.30. The molecule has 1 aliphatic carbocycles. The maximum Gasteiger partial charge on any atom is 0.0514 e. The molecule has 14 heavy (non-hydrogen) atoms. The van der Waals surface area contributed by atoms with Crippen LogP contribution in [0.4, 0.5) is 0 Å². The monoisotopic (exact) mass is 186 g/mol. The van der Waals surface area contributed by atoms with E-state index in [0.29, 0.717) is 0 Å². The lowest BCUT2D eigenvalue weighted by Crippen LogP contribution is -1.97. The predicted octanol–water partition coefficient (Wildman–Crippen LogP) is 2.75. The Morgan fingerprint density at radius 3 is 3.07 bits per heavy atom. The Hall–Kier alpha value is -1.31. The number of hydrogen-bond donors (Lipinski definition) is 0. The van der Waals surface area contributed by atoms with Gasteiger partial charge >= 0.3 is 0 Å². The molecule has 0 aliphatic heterocycles. The Morgan fingerprint density at radius 1 is 1.43 bits per heavy atom. The molecule has 0 N–H and O–H groups in total. The summed E-state index contributed by atoms with van der Waals surface area (Å²) >= 11 is 0. The topological polar surface area (TPSA) is 17.8 Å². The molecule has 2 heteroatoms. The smallest absolute Gasteiger partial charge is 0.0514 e. The van der Waals surface area contributed by atoms with Crippen molar-refractivity contribution in [3.05, 3.63) is 30.2 Å². The minimum Gasteiger partial charge on any atom is -0.347 e. The maximum absolute atomic E-state index is 4.30. The van der Waals surface area contributed by atoms with Crippen LogP contribution >= 0.6 is 0 Å². The van der Waals surface area contributed by atoms with Crippen molar-refractivity contribution < 1.29 is 0 Å². The molecule has 0 amide bonds. The summed E-state index contributed by atoms with van der Waals surface area (Å²) in [5, 5.41) is 1.30. The lowest BCUT2D eigenvalue weighted by atomic mass is 10.2. The van der Waals surface area contributed by atoms with Crippen LogP contribution in [0, 0.1) is 12.8 Å². The molecule has 2 nitrogen and oxygen atoms in total. The molecule has 3 rings (SSSR count). The fraction of sp³-hybridized carbons (Fsp3) is 0.417. The highest BCUT2D eigenvalue weighted by molar-refractivity contribution is 5.81. The summed E-state index contributed by atoms with van der Waals surface area (Å²) in [5.41, 5.74) is 2.47. The van der Waals surface area contributed by atoms with Gasteiger partial charge in [0.2, 0.25) is 0 Å². The fourth-order valence-corrected chi connectivity index (χ4v) is 2.00. The van der Waals surface area contributed by atoms with Crippen LogP contribution < -0.4 is 0 Å². The van der Waals surface area contributed by atoms with Crippen LogP contribution in [-0.2, 0) is 6.54 Å². The van der Waals surface area contributed by atoms with Crippen molar-refractivity contribution in [1.29, 1.82) is 0 Å². The Labute approximate surface area is 83.6 Å². The second-order valence-electron chi connectivity index (χ2n) is 4.24. The number of aryl methyl sites for hydroxylation is 1. The summed E-state index contributed by atoms with van der Waals surface area (Å²) in [6, 6.07) is 4.30. The SMILES string of the molecule is Cc1nccc2c1ccn2CC1CC1. The van der Waals surface area contributed by atoms with Crippen molar-refractivity contribution >= 4 is 10.9 Å². The molecule has 0 saturated heterocycles. The standard InChI is InChI=1S/C12H14N2/c1-9-11-5-7-14(8-10-2-3-10)12(11)4-6-13-9/h4-7,10H,2-3,8H2,1H3. The molecule has 2 aromatic rings. The van der Waals surface area contributed by atoms with Gasteiger partial charge in [0.05, 0.1) is 5.52 Å². The molecule has 0 bridgehead atoms. The molecule has 0 unspecified atom stereocenters. The third-order valence-corrected chi connectivity index (χ3v) is 3.05. The van der Waals surface area contributed by atoms with Gasteiger partial charge in [-0.25, -0.2) is 0 Å². The molecular weight excluding hydrogens is 172 g/mol. The van der Waals surface area contributed by atoms with Gasteiger partial charge in [0.25, 0.3) is 0 Å². The first-order valence-corrected chi connectivity index (χ1v) is 5.25. The lowest BCUT2D eigenvalue weighted by Gasteiger charge is -2.03. The van der Waals surface area contributed by atoms with Crippen molar-refractivity contribution in [2.75, 3.05) is 0 Å². The second-order valence-corrected chi connectivity index (χ2v) is 4.24. The molecule has 2 aromatic heterocycles. The Morgan fingerprint density at radius 2 is 2.29 bits per heavy atom. The average molecular weight is 186 g/mol. The van der Waals surface area contributed by atoms with E-state index in [4.69, 9.17) is 0 Å². The van der Waals surface area contributed by atoms with Crippen LogP contribution in [0.5, 0.6) is 0 Å². The van der Waals surface area contributed by atoms with E-state index in [-0.39, 0.29) is 0 Å². The Kier molecular flexibility index (Phi) is 1.63. The number of rotatable bonds is 2. The van der Waals surface area contributed by atoms with E-state index in [1.807, 2.05) is 6.20 Å². The minimum atomic E-state index is 0.930. The Balaban J connectivity index is 2.10. The third-order valence-electron chi connectivity index (χ3n) is 3.05. The van der Waals surface area contributed by atoms with Crippen LogP contribution in [0.3, 0.4) is 0 Å². The fourth-order valence-electron chi connectivity index (χ4n) is 2.00. The van der Waals surface area contributed by atoms with Gasteiger partial charge in [0.1, 0.15) is 0 Å². The molecule has 0 atom stereocenters. The van der Waals surface area contributed by atoms with Gasteiger partial charge < -0.3 is 4.57 Å².